The molecule has 1 unspecified atom stereocenters. The lowest BCUT2D eigenvalue weighted by atomic mass is 9.97. The van der Waals surface area contributed by atoms with Gasteiger partial charge in [-0.15, -0.1) is 0 Å². The van der Waals surface area contributed by atoms with Crippen LogP contribution in [0.5, 0.6) is 5.75 Å². The Balaban J connectivity index is 1.33. The molecule has 0 bridgehead atoms. The Morgan fingerprint density at radius 3 is 2.78 bits per heavy atom. The fraction of sp³-hybridized carbons (Fsp3) is 0.600. The van der Waals surface area contributed by atoms with Gasteiger partial charge in [-0.05, 0) is 69.2 Å². The Labute approximate surface area is 140 Å². The van der Waals surface area contributed by atoms with Crippen LogP contribution in [-0.2, 0) is 11.3 Å². The van der Waals surface area contributed by atoms with Gasteiger partial charge in [-0.3, -0.25) is 0 Å². The molecule has 0 radical (unpaired) electrons. The summed E-state index contributed by atoms with van der Waals surface area (Å²) < 4.78 is 11.4. The van der Waals surface area contributed by atoms with Gasteiger partial charge in [-0.25, -0.2) is 0 Å². The molecule has 3 nitrogen and oxygen atoms in total. The van der Waals surface area contributed by atoms with Crippen LogP contribution in [0.25, 0.3) is 0 Å². The number of nitrogens with one attached hydrogen (secondary N) is 1. The molecule has 3 heteroatoms. The summed E-state index contributed by atoms with van der Waals surface area (Å²) in [4.78, 5) is 0. The van der Waals surface area contributed by atoms with Gasteiger partial charge >= 0.3 is 0 Å². The zero-order valence-corrected chi connectivity index (χ0v) is 14.1. The summed E-state index contributed by atoms with van der Waals surface area (Å²) in [6.45, 7) is 3.56. The number of benzene rings is 1. The first-order valence-electron chi connectivity index (χ1n) is 9.12. The van der Waals surface area contributed by atoms with Crippen LogP contribution in [0, 0.1) is 0 Å². The molecule has 0 saturated carbocycles. The largest absolute Gasteiger partial charge is 0.491 e. The van der Waals surface area contributed by atoms with E-state index >= 15 is 0 Å². The smallest absolute Gasteiger partial charge is 0.119 e. The van der Waals surface area contributed by atoms with Gasteiger partial charge < -0.3 is 14.8 Å². The van der Waals surface area contributed by atoms with Gasteiger partial charge in [-0.2, -0.15) is 0 Å². The average Bonchev–Trinajstić information content (AvgIpc) is 3.12. The van der Waals surface area contributed by atoms with Crippen molar-refractivity contribution < 1.29 is 9.47 Å². The minimum atomic E-state index is 0.283. The summed E-state index contributed by atoms with van der Waals surface area (Å²) in [7, 11) is 0. The molecule has 0 spiro atoms. The Kier molecular flexibility index (Phi) is 6.54. The number of rotatable bonds is 8. The second-order valence-electron chi connectivity index (χ2n) is 6.62. The van der Waals surface area contributed by atoms with Gasteiger partial charge in [-0.1, -0.05) is 23.8 Å². The molecule has 1 heterocycles. The maximum atomic E-state index is 5.80. The Bertz CT molecular complexity index is 489. The summed E-state index contributed by atoms with van der Waals surface area (Å²) in [6, 6.07) is 8.43. The molecule has 1 fully saturated rings. The lowest BCUT2D eigenvalue weighted by Gasteiger charge is -2.13. The molecule has 3 rings (SSSR count). The van der Waals surface area contributed by atoms with Crippen molar-refractivity contribution >= 4 is 0 Å². The highest BCUT2D eigenvalue weighted by atomic mass is 16.5. The molecule has 1 aromatic carbocycles. The van der Waals surface area contributed by atoms with Crippen LogP contribution < -0.4 is 10.1 Å². The molecule has 1 atom stereocenters. The van der Waals surface area contributed by atoms with Crippen LogP contribution in [0.3, 0.4) is 0 Å². The molecule has 0 aromatic heterocycles. The first-order chi connectivity index (χ1) is 11.4. The zero-order chi connectivity index (χ0) is 15.7. The molecule has 0 amide bonds. The summed E-state index contributed by atoms with van der Waals surface area (Å²) in [5.41, 5.74) is 2.95. The summed E-state index contributed by atoms with van der Waals surface area (Å²) in [5.74, 6) is 0.941. The van der Waals surface area contributed by atoms with E-state index in [1.807, 2.05) is 0 Å². The van der Waals surface area contributed by atoms with Crippen molar-refractivity contribution in [3.05, 3.63) is 41.5 Å². The van der Waals surface area contributed by atoms with E-state index in [1.165, 1.54) is 37.7 Å². The van der Waals surface area contributed by atoms with Gasteiger partial charge in [0.15, 0.2) is 0 Å². The van der Waals surface area contributed by atoms with Crippen molar-refractivity contribution in [2.24, 2.45) is 0 Å². The highest BCUT2D eigenvalue weighted by molar-refractivity contribution is 5.27. The van der Waals surface area contributed by atoms with Crippen molar-refractivity contribution in [2.45, 2.75) is 57.6 Å². The van der Waals surface area contributed by atoms with Crippen LogP contribution in [0.1, 0.15) is 50.5 Å². The highest BCUT2D eigenvalue weighted by Crippen LogP contribution is 2.19. The van der Waals surface area contributed by atoms with Crippen LogP contribution in [0.2, 0.25) is 0 Å². The van der Waals surface area contributed by atoms with E-state index in [0.717, 1.165) is 38.3 Å². The van der Waals surface area contributed by atoms with Gasteiger partial charge in [0, 0.05) is 13.2 Å². The Morgan fingerprint density at radius 1 is 1.13 bits per heavy atom. The zero-order valence-electron chi connectivity index (χ0n) is 14.1. The third-order valence-corrected chi connectivity index (χ3v) is 4.72. The van der Waals surface area contributed by atoms with Crippen LogP contribution in [0.4, 0.5) is 0 Å². The van der Waals surface area contributed by atoms with E-state index in [2.05, 4.69) is 35.7 Å². The first kappa shape index (κ1) is 16.5. The number of ether oxygens (including phenoxy) is 2. The van der Waals surface area contributed by atoms with Crippen LogP contribution in [-0.4, -0.2) is 25.9 Å². The van der Waals surface area contributed by atoms with E-state index in [4.69, 9.17) is 9.47 Å². The molecular weight excluding hydrogens is 286 g/mol. The van der Waals surface area contributed by atoms with Crippen molar-refractivity contribution in [1.29, 1.82) is 0 Å². The monoisotopic (exact) mass is 315 g/mol. The molecule has 1 aliphatic carbocycles. The highest BCUT2D eigenvalue weighted by Gasteiger charge is 2.15. The van der Waals surface area contributed by atoms with Crippen molar-refractivity contribution in [2.75, 3.05) is 19.8 Å². The van der Waals surface area contributed by atoms with Gasteiger partial charge in [0.25, 0.3) is 0 Å². The average molecular weight is 315 g/mol. The van der Waals surface area contributed by atoms with Crippen molar-refractivity contribution in [3.63, 3.8) is 0 Å². The summed E-state index contributed by atoms with van der Waals surface area (Å²) in [5, 5.41) is 3.54. The fourth-order valence-corrected chi connectivity index (χ4v) is 3.28. The van der Waals surface area contributed by atoms with Gasteiger partial charge in [0.05, 0.1) is 6.10 Å². The fourth-order valence-electron chi connectivity index (χ4n) is 3.28. The predicted molar refractivity (Wildman–Crippen MR) is 93.8 cm³/mol. The molecule has 23 heavy (non-hydrogen) atoms. The molecule has 1 saturated heterocycles. The number of allylic oxidation sites excluding steroid dienone is 1. The van der Waals surface area contributed by atoms with E-state index in [9.17, 15) is 0 Å². The number of hydrogen-bond donors (Lipinski definition) is 1. The minimum absolute atomic E-state index is 0.283. The number of hydrogen-bond acceptors (Lipinski definition) is 3. The lowest BCUT2D eigenvalue weighted by Crippen LogP contribution is -2.16. The van der Waals surface area contributed by atoms with E-state index in [1.54, 1.807) is 5.57 Å². The molecule has 126 valence electrons. The van der Waals surface area contributed by atoms with E-state index < -0.39 is 0 Å². The lowest BCUT2D eigenvalue weighted by molar-refractivity contribution is 0.0679. The predicted octanol–water partition coefficient (Wildman–Crippen LogP) is 4.22. The normalized spacial score (nSPS) is 21.2. The van der Waals surface area contributed by atoms with Crippen molar-refractivity contribution in [1.82, 2.24) is 5.32 Å². The third kappa shape index (κ3) is 5.67. The standard InChI is InChI=1S/C20H29NO2/c1-2-5-17(6-3-1)12-13-21-15-18-8-10-19(11-9-18)23-16-20-7-4-14-22-20/h5,8-11,20-21H,1-4,6-7,12-16H2. The second kappa shape index (κ2) is 9.09. The van der Waals surface area contributed by atoms with Gasteiger partial charge in [0.2, 0.25) is 0 Å². The topological polar surface area (TPSA) is 30.5 Å². The second-order valence-corrected chi connectivity index (χ2v) is 6.62. The van der Waals surface area contributed by atoms with Crippen molar-refractivity contribution in [3.8, 4) is 5.75 Å². The van der Waals surface area contributed by atoms with Crippen LogP contribution in [0.15, 0.2) is 35.9 Å². The minimum Gasteiger partial charge on any atom is -0.491 e. The molecule has 2 aliphatic rings. The third-order valence-electron chi connectivity index (χ3n) is 4.72. The molecule has 1 aliphatic heterocycles. The Hall–Kier alpha value is -1.32. The SMILES string of the molecule is C1=C(CCNCc2ccc(OCC3CCCO3)cc2)CCCC1. The Morgan fingerprint density at radius 2 is 2.04 bits per heavy atom. The molecular formula is C20H29NO2. The summed E-state index contributed by atoms with van der Waals surface area (Å²) in [6.07, 6.45) is 11.5. The molecule has 1 aromatic rings. The molecule has 1 N–H and O–H groups in total. The quantitative estimate of drug-likeness (QED) is 0.575. The first-order valence-corrected chi connectivity index (χ1v) is 9.12. The van der Waals surface area contributed by atoms with Gasteiger partial charge in [0.1, 0.15) is 12.4 Å². The maximum Gasteiger partial charge on any atom is 0.119 e. The van der Waals surface area contributed by atoms with E-state index in [0.29, 0.717) is 6.61 Å². The maximum absolute atomic E-state index is 5.80. The van der Waals surface area contributed by atoms with E-state index in [-0.39, 0.29) is 6.10 Å². The van der Waals surface area contributed by atoms with Crippen LogP contribution >= 0.6 is 0 Å². The summed E-state index contributed by atoms with van der Waals surface area (Å²) >= 11 is 0.